The smallest absolute Gasteiger partial charge is 0.103 e. The summed E-state index contributed by atoms with van der Waals surface area (Å²) in [4.78, 5) is 0. The molecule has 0 aliphatic rings. The Bertz CT molecular complexity index is 284. The van der Waals surface area contributed by atoms with Crippen molar-refractivity contribution in [1.29, 1.82) is 0 Å². The highest BCUT2D eigenvalue weighted by atomic mass is 35.5. The highest BCUT2D eigenvalue weighted by Crippen LogP contribution is 2.29. The van der Waals surface area contributed by atoms with E-state index in [4.69, 9.17) is 22.1 Å². The van der Waals surface area contributed by atoms with Gasteiger partial charge in [0.1, 0.15) is 5.60 Å². The average Bonchev–Trinajstić information content (AvgIpc) is 2.17. The molecule has 0 aliphatic heterocycles. The van der Waals surface area contributed by atoms with Crippen LogP contribution in [0.1, 0.15) is 12.5 Å². The second kappa shape index (κ2) is 4.09. The summed E-state index contributed by atoms with van der Waals surface area (Å²) in [5.41, 5.74) is 6.08. The minimum absolute atomic E-state index is 0.410. The number of methoxy groups -OCH3 is 1. The predicted molar refractivity (Wildman–Crippen MR) is 54.9 cm³/mol. The van der Waals surface area contributed by atoms with E-state index in [1.165, 1.54) is 0 Å². The fourth-order valence-corrected chi connectivity index (χ4v) is 1.53. The zero-order chi connectivity index (χ0) is 9.90. The van der Waals surface area contributed by atoms with Gasteiger partial charge in [0, 0.05) is 24.2 Å². The van der Waals surface area contributed by atoms with Crippen molar-refractivity contribution in [3.8, 4) is 0 Å². The Kier molecular flexibility index (Phi) is 3.31. The first-order chi connectivity index (χ1) is 6.14. The van der Waals surface area contributed by atoms with Gasteiger partial charge in [0.05, 0.1) is 0 Å². The van der Waals surface area contributed by atoms with E-state index in [0.717, 1.165) is 5.56 Å². The van der Waals surface area contributed by atoms with Gasteiger partial charge in [-0.3, -0.25) is 0 Å². The molecule has 3 heteroatoms. The summed E-state index contributed by atoms with van der Waals surface area (Å²) in [7, 11) is 1.64. The largest absolute Gasteiger partial charge is 0.372 e. The summed E-state index contributed by atoms with van der Waals surface area (Å²) in [5.74, 6) is 0. The van der Waals surface area contributed by atoms with Crippen molar-refractivity contribution in [2.75, 3.05) is 13.7 Å². The average molecular weight is 200 g/mol. The van der Waals surface area contributed by atoms with E-state index in [-0.39, 0.29) is 0 Å². The molecule has 0 radical (unpaired) electrons. The maximum Gasteiger partial charge on any atom is 0.103 e. The van der Waals surface area contributed by atoms with Gasteiger partial charge in [-0.05, 0) is 13.0 Å². The molecule has 0 bridgehead atoms. The first-order valence-electron chi connectivity index (χ1n) is 4.14. The minimum Gasteiger partial charge on any atom is -0.372 e. The molecule has 1 rings (SSSR count). The van der Waals surface area contributed by atoms with Gasteiger partial charge in [0.15, 0.2) is 0 Å². The summed E-state index contributed by atoms with van der Waals surface area (Å²) >= 11 is 6.03. The second-order valence-electron chi connectivity index (χ2n) is 3.12. The van der Waals surface area contributed by atoms with Crippen molar-refractivity contribution in [3.05, 3.63) is 34.9 Å². The van der Waals surface area contributed by atoms with Crippen molar-refractivity contribution in [1.82, 2.24) is 0 Å². The summed E-state index contributed by atoms with van der Waals surface area (Å²) in [5, 5.41) is 0.692. The Labute approximate surface area is 83.6 Å². The van der Waals surface area contributed by atoms with Crippen LogP contribution >= 0.6 is 11.6 Å². The zero-order valence-electron chi connectivity index (χ0n) is 7.88. The number of benzene rings is 1. The van der Waals surface area contributed by atoms with E-state index in [0.29, 0.717) is 11.6 Å². The van der Waals surface area contributed by atoms with Crippen LogP contribution in [0.25, 0.3) is 0 Å². The minimum atomic E-state index is -0.488. The lowest BCUT2D eigenvalue weighted by atomic mass is 9.96. The van der Waals surface area contributed by atoms with Gasteiger partial charge < -0.3 is 10.5 Å². The molecule has 13 heavy (non-hydrogen) atoms. The molecule has 1 aromatic rings. The van der Waals surface area contributed by atoms with Gasteiger partial charge >= 0.3 is 0 Å². The summed E-state index contributed by atoms with van der Waals surface area (Å²) in [6.45, 7) is 2.33. The molecule has 0 spiro atoms. The fourth-order valence-electron chi connectivity index (χ4n) is 1.19. The highest BCUT2D eigenvalue weighted by Gasteiger charge is 2.26. The SMILES string of the molecule is COC(C)(CN)c1ccccc1Cl. The lowest BCUT2D eigenvalue weighted by Crippen LogP contribution is -2.33. The molecule has 2 N–H and O–H groups in total. The summed E-state index contributed by atoms with van der Waals surface area (Å²) in [6.07, 6.45) is 0. The molecule has 0 heterocycles. The van der Waals surface area contributed by atoms with Crippen molar-refractivity contribution in [2.24, 2.45) is 5.73 Å². The van der Waals surface area contributed by atoms with E-state index < -0.39 is 5.60 Å². The van der Waals surface area contributed by atoms with Gasteiger partial charge in [-0.15, -0.1) is 0 Å². The molecule has 1 aromatic carbocycles. The third-order valence-corrected chi connectivity index (χ3v) is 2.61. The number of ether oxygens (including phenoxy) is 1. The molecule has 0 saturated heterocycles. The lowest BCUT2D eigenvalue weighted by molar-refractivity contribution is 0.0102. The Morgan fingerprint density at radius 1 is 1.46 bits per heavy atom. The van der Waals surface area contributed by atoms with Crippen LogP contribution in [0.3, 0.4) is 0 Å². The molecule has 0 amide bonds. The van der Waals surface area contributed by atoms with E-state index >= 15 is 0 Å². The predicted octanol–water partition coefficient (Wildman–Crippen LogP) is 2.16. The molecule has 0 fully saturated rings. The second-order valence-corrected chi connectivity index (χ2v) is 3.53. The van der Waals surface area contributed by atoms with E-state index in [1.54, 1.807) is 7.11 Å². The topological polar surface area (TPSA) is 35.2 Å². The maximum atomic E-state index is 6.03. The first kappa shape index (κ1) is 10.5. The van der Waals surface area contributed by atoms with Crippen molar-refractivity contribution < 1.29 is 4.74 Å². The monoisotopic (exact) mass is 199 g/mol. The fraction of sp³-hybridized carbons (Fsp3) is 0.400. The van der Waals surface area contributed by atoms with Crippen LogP contribution in [0, 0.1) is 0 Å². The molecular weight excluding hydrogens is 186 g/mol. The number of rotatable bonds is 3. The number of hydrogen-bond donors (Lipinski definition) is 1. The maximum absolute atomic E-state index is 6.03. The molecule has 0 aliphatic carbocycles. The van der Waals surface area contributed by atoms with Gasteiger partial charge in [-0.25, -0.2) is 0 Å². The Morgan fingerprint density at radius 3 is 2.54 bits per heavy atom. The van der Waals surface area contributed by atoms with Crippen molar-refractivity contribution >= 4 is 11.6 Å². The summed E-state index contributed by atoms with van der Waals surface area (Å²) in [6, 6.07) is 7.58. The number of halogens is 1. The Hall–Kier alpha value is -0.570. The highest BCUT2D eigenvalue weighted by molar-refractivity contribution is 6.31. The quantitative estimate of drug-likeness (QED) is 0.810. The molecule has 1 unspecified atom stereocenters. The van der Waals surface area contributed by atoms with E-state index in [9.17, 15) is 0 Å². The summed E-state index contributed by atoms with van der Waals surface area (Å²) < 4.78 is 5.34. The van der Waals surface area contributed by atoms with Crippen molar-refractivity contribution in [2.45, 2.75) is 12.5 Å². The lowest BCUT2D eigenvalue weighted by Gasteiger charge is -2.27. The Balaban J connectivity index is 3.12. The normalized spacial score (nSPS) is 15.4. The zero-order valence-corrected chi connectivity index (χ0v) is 8.64. The Morgan fingerprint density at radius 2 is 2.08 bits per heavy atom. The van der Waals surface area contributed by atoms with E-state index in [1.807, 2.05) is 31.2 Å². The van der Waals surface area contributed by atoms with Crippen molar-refractivity contribution in [3.63, 3.8) is 0 Å². The third-order valence-electron chi connectivity index (χ3n) is 2.28. The standard InChI is InChI=1S/C10H14ClNO/c1-10(7-12,13-2)8-5-3-4-6-9(8)11/h3-6H,7,12H2,1-2H3. The van der Waals surface area contributed by atoms with Crippen LogP contribution in [-0.4, -0.2) is 13.7 Å². The molecule has 0 saturated carbocycles. The molecule has 1 atom stereocenters. The van der Waals surface area contributed by atoms with Gasteiger partial charge in [0.25, 0.3) is 0 Å². The van der Waals surface area contributed by atoms with Crippen LogP contribution in [0.2, 0.25) is 5.02 Å². The first-order valence-corrected chi connectivity index (χ1v) is 4.52. The van der Waals surface area contributed by atoms with Crippen LogP contribution in [0.4, 0.5) is 0 Å². The molecular formula is C10H14ClNO. The molecule has 0 aromatic heterocycles. The van der Waals surface area contributed by atoms with Crippen LogP contribution in [0.5, 0.6) is 0 Å². The van der Waals surface area contributed by atoms with Crippen LogP contribution in [0.15, 0.2) is 24.3 Å². The van der Waals surface area contributed by atoms with Gasteiger partial charge in [-0.2, -0.15) is 0 Å². The number of nitrogens with two attached hydrogens (primary N) is 1. The van der Waals surface area contributed by atoms with Gasteiger partial charge in [0.2, 0.25) is 0 Å². The molecule has 72 valence electrons. The van der Waals surface area contributed by atoms with E-state index in [2.05, 4.69) is 0 Å². The number of hydrogen-bond acceptors (Lipinski definition) is 2. The van der Waals surface area contributed by atoms with Crippen LogP contribution < -0.4 is 5.73 Å². The molecule has 2 nitrogen and oxygen atoms in total. The van der Waals surface area contributed by atoms with Crippen LogP contribution in [-0.2, 0) is 10.3 Å². The third kappa shape index (κ3) is 2.02. The van der Waals surface area contributed by atoms with Gasteiger partial charge in [-0.1, -0.05) is 29.8 Å².